The van der Waals surface area contributed by atoms with Crippen LogP contribution in [0.1, 0.15) is 26.3 Å². The maximum atomic E-state index is 12.3. The van der Waals surface area contributed by atoms with Crippen LogP contribution in [-0.2, 0) is 15.0 Å². The van der Waals surface area contributed by atoms with Crippen molar-refractivity contribution < 1.29 is 14.3 Å². The van der Waals surface area contributed by atoms with E-state index in [1.807, 2.05) is 54.8 Å². The highest BCUT2D eigenvalue weighted by atomic mass is 32.2. The van der Waals surface area contributed by atoms with E-state index in [1.54, 1.807) is 18.8 Å². The Morgan fingerprint density at radius 2 is 1.71 bits per heavy atom. The van der Waals surface area contributed by atoms with Crippen LogP contribution in [0.2, 0.25) is 0 Å². The molecule has 0 saturated heterocycles. The van der Waals surface area contributed by atoms with E-state index in [9.17, 15) is 9.59 Å². The van der Waals surface area contributed by atoms with Crippen LogP contribution < -0.4 is 10.1 Å². The van der Waals surface area contributed by atoms with Gasteiger partial charge in [-0.3, -0.25) is 9.59 Å². The Bertz CT molecular complexity index is 813. The number of rotatable bonds is 7. The van der Waals surface area contributed by atoms with Gasteiger partial charge in [0.2, 0.25) is 5.91 Å². The first-order chi connectivity index (χ1) is 13.2. The van der Waals surface area contributed by atoms with Crippen LogP contribution in [0.3, 0.4) is 0 Å². The summed E-state index contributed by atoms with van der Waals surface area (Å²) < 4.78 is 5.57. The topological polar surface area (TPSA) is 58.6 Å². The normalized spacial score (nSPS) is 11.0. The molecule has 2 aromatic rings. The van der Waals surface area contributed by atoms with Gasteiger partial charge in [-0.15, -0.1) is 11.8 Å². The van der Waals surface area contributed by atoms with E-state index in [0.29, 0.717) is 5.75 Å². The molecule has 2 amide bonds. The second-order valence-electron chi connectivity index (χ2n) is 7.56. The molecule has 0 radical (unpaired) electrons. The van der Waals surface area contributed by atoms with Gasteiger partial charge in [-0.05, 0) is 41.5 Å². The van der Waals surface area contributed by atoms with Gasteiger partial charge in [0, 0.05) is 11.9 Å². The fourth-order valence-electron chi connectivity index (χ4n) is 2.55. The third-order valence-electron chi connectivity index (χ3n) is 4.27. The number of ether oxygens (including phenoxy) is 1. The zero-order valence-corrected chi connectivity index (χ0v) is 17.9. The number of para-hydroxylation sites is 1. The molecule has 0 atom stereocenters. The van der Waals surface area contributed by atoms with E-state index in [4.69, 9.17) is 4.74 Å². The van der Waals surface area contributed by atoms with Crippen LogP contribution in [0.25, 0.3) is 0 Å². The molecule has 0 aliphatic carbocycles. The molecule has 1 N–H and O–H groups in total. The summed E-state index contributed by atoms with van der Waals surface area (Å²) >= 11 is 1.56. The highest BCUT2D eigenvalue weighted by Gasteiger charge is 2.16. The van der Waals surface area contributed by atoms with E-state index in [0.717, 1.165) is 10.6 Å². The molecular weight excluding hydrogens is 372 g/mol. The standard InChI is InChI=1S/C22H28N2O3S/c1-22(2,3)16-10-12-17(13-11-16)27-15-21(26)24(4)14-20(25)23-18-8-6-7-9-19(18)28-5/h6-13H,14-15H2,1-5H3,(H,23,25). The van der Waals surface area contributed by atoms with Crippen molar-refractivity contribution >= 4 is 29.3 Å². The first-order valence-electron chi connectivity index (χ1n) is 9.11. The van der Waals surface area contributed by atoms with Gasteiger partial charge in [-0.1, -0.05) is 45.0 Å². The molecule has 0 heterocycles. The smallest absolute Gasteiger partial charge is 0.260 e. The number of benzene rings is 2. The summed E-state index contributed by atoms with van der Waals surface area (Å²) in [6.07, 6.45) is 1.95. The zero-order valence-electron chi connectivity index (χ0n) is 17.1. The van der Waals surface area contributed by atoms with E-state index in [1.165, 1.54) is 10.5 Å². The number of likely N-dealkylation sites (N-methyl/N-ethyl adjacent to an activating group) is 1. The summed E-state index contributed by atoms with van der Waals surface area (Å²) in [5.41, 5.74) is 2.01. The summed E-state index contributed by atoms with van der Waals surface area (Å²) in [4.78, 5) is 26.9. The third-order valence-corrected chi connectivity index (χ3v) is 5.07. The number of hydrogen-bond acceptors (Lipinski definition) is 4. The number of hydrogen-bond donors (Lipinski definition) is 1. The quantitative estimate of drug-likeness (QED) is 0.709. The first-order valence-corrected chi connectivity index (χ1v) is 10.3. The van der Waals surface area contributed by atoms with E-state index >= 15 is 0 Å². The molecule has 2 rings (SSSR count). The molecule has 0 unspecified atom stereocenters. The van der Waals surface area contributed by atoms with Crippen LogP contribution in [0.4, 0.5) is 5.69 Å². The minimum Gasteiger partial charge on any atom is -0.484 e. The number of carbonyl (C=O) groups is 2. The van der Waals surface area contributed by atoms with Crippen molar-refractivity contribution in [3.63, 3.8) is 0 Å². The summed E-state index contributed by atoms with van der Waals surface area (Å²) in [5, 5.41) is 2.85. The molecule has 0 spiro atoms. The second kappa shape index (κ2) is 9.64. The van der Waals surface area contributed by atoms with Gasteiger partial charge in [0.25, 0.3) is 5.91 Å². The lowest BCUT2D eigenvalue weighted by Gasteiger charge is -2.20. The minimum absolute atomic E-state index is 0.0339. The molecule has 0 aliphatic heterocycles. The van der Waals surface area contributed by atoms with Gasteiger partial charge in [0.1, 0.15) is 5.75 Å². The van der Waals surface area contributed by atoms with Gasteiger partial charge in [-0.2, -0.15) is 0 Å². The molecule has 6 heteroatoms. The van der Waals surface area contributed by atoms with E-state index in [-0.39, 0.29) is 30.4 Å². The van der Waals surface area contributed by atoms with Gasteiger partial charge in [0.05, 0.1) is 12.2 Å². The third kappa shape index (κ3) is 6.30. The fourth-order valence-corrected chi connectivity index (χ4v) is 3.10. The Kier molecular flexibility index (Phi) is 7.52. The summed E-state index contributed by atoms with van der Waals surface area (Å²) in [7, 11) is 1.59. The van der Waals surface area contributed by atoms with Crippen LogP contribution in [0.5, 0.6) is 5.75 Å². The van der Waals surface area contributed by atoms with Crippen molar-refractivity contribution in [2.75, 3.05) is 31.8 Å². The monoisotopic (exact) mass is 400 g/mol. The SMILES string of the molecule is CSc1ccccc1NC(=O)CN(C)C(=O)COc1ccc(C(C)(C)C)cc1. The Morgan fingerprint density at radius 3 is 2.32 bits per heavy atom. The Hall–Kier alpha value is -2.47. The number of nitrogens with zero attached hydrogens (tertiary/aromatic N) is 1. The maximum Gasteiger partial charge on any atom is 0.260 e. The zero-order chi connectivity index (χ0) is 20.7. The van der Waals surface area contributed by atoms with Crippen molar-refractivity contribution in [2.24, 2.45) is 0 Å². The Labute approximate surface area is 171 Å². The van der Waals surface area contributed by atoms with Crippen molar-refractivity contribution in [3.05, 3.63) is 54.1 Å². The Morgan fingerprint density at radius 1 is 1.07 bits per heavy atom. The first kappa shape index (κ1) is 21.8. The van der Waals surface area contributed by atoms with Crippen LogP contribution >= 0.6 is 11.8 Å². The molecule has 28 heavy (non-hydrogen) atoms. The summed E-state index contributed by atoms with van der Waals surface area (Å²) in [6.45, 7) is 6.28. The van der Waals surface area contributed by atoms with Crippen molar-refractivity contribution in [1.29, 1.82) is 0 Å². The molecule has 2 aromatic carbocycles. The molecule has 0 aromatic heterocycles. The van der Waals surface area contributed by atoms with Crippen molar-refractivity contribution in [3.8, 4) is 5.75 Å². The lowest BCUT2D eigenvalue weighted by atomic mass is 9.87. The molecule has 0 saturated carbocycles. The highest BCUT2D eigenvalue weighted by molar-refractivity contribution is 7.98. The van der Waals surface area contributed by atoms with Crippen LogP contribution in [0, 0.1) is 0 Å². The van der Waals surface area contributed by atoms with Crippen molar-refractivity contribution in [2.45, 2.75) is 31.1 Å². The maximum absolute atomic E-state index is 12.3. The Balaban J connectivity index is 1.84. The fraction of sp³-hybridized carbons (Fsp3) is 0.364. The molecule has 150 valence electrons. The average Bonchev–Trinajstić information content (AvgIpc) is 2.66. The molecule has 0 bridgehead atoms. The largest absolute Gasteiger partial charge is 0.484 e. The molecular formula is C22H28N2O3S. The number of anilines is 1. The molecule has 0 aliphatic rings. The van der Waals surface area contributed by atoms with Crippen LogP contribution in [0.15, 0.2) is 53.4 Å². The van der Waals surface area contributed by atoms with Gasteiger partial charge in [0.15, 0.2) is 6.61 Å². The van der Waals surface area contributed by atoms with E-state index < -0.39 is 0 Å². The van der Waals surface area contributed by atoms with Crippen LogP contribution in [-0.4, -0.2) is 43.2 Å². The van der Waals surface area contributed by atoms with Gasteiger partial charge in [-0.25, -0.2) is 0 Å². The highest BCUT2D eigenvalue weighted by Crippen LogP contribution is 2.25. The van der Waals surface area contributed by atoms with E-state index in [2.05, 4.69) is 26.1 Å². The van der Waals surface area contributed by atoms with Gasteiger partial charge < -0.3 is 15.0 Å². The summed E-state index contributed by atoms with van der Waals surface area (Å²) in [6, 6.07) is 15.3. The van der Waals surface area contributed by atoms with Gasteiger partial charge >= 0.3 is 0 Å². The second-order valence-corrected chi connectivity index (χ2v) is 8.41. The predicted molar refractivity (Wildman–Crippen MR) is 115 cm³/mol. The lowest BCUT2D eigenvalue weighted by molar-refractivity contribution is -0.135. The predicted octanol–water partition coefficient (Wildman–Crippen LogP) is 4.18. The molecule has 0 fully saturated rings. The average molecular weight is 401 g/mol. The lowest BCUT2D eigenvalue weighted by Crippen LogP contribution is -2.37. The number of nitrogens with one attached hydrogen (secondary N) is 1. The number of amides is 2. The molecule has 5 nitrogen and oxygen atoms in total. The summed E-state index contributed by atoms with van der Waals surface area (Å²) in [5.74, 6) is 0.133. The number of thioether (sulfide) groups is 1. The number of carbonyl (C=O) groups excluding carboxylic acids is 2. The van der Waals surface area contributed by atoms with Crippen molar-refractivity contribution in [1.82, 2.24) is 4.90 Å². The minimum atomic E-state index is -0.256.